The molecule has 13 heavy (non-hydrogen) atoms. The van der Waals surface area contributed by atoms with E-state index < -0.39 is 0 Å². The summed E-state index contributed by atoms with van der Waals surface area (Å²) >= 11 is 0. The Kier molecular flexibility index (Phi) is 3.23. The number of piperidine rings is 1. The monoisotopic (exact) mass is 182 g/mol. The van der Waals surface area contributed by atoms with E-state index in [0.717, 1.165) is 17.9 Å². The minimum absolute atomic E-state index is 0.858. The maximum absolute atomic E-state index is 3.63. The van der Waals surface area contributed by atoms with Crippen molar-refractivity contribution in [3.63, 3.8) is 0 Å². The highest BCUT2D eigenvalue weighted by atomic mass is 15.0. The summed E-state index contributed by atoms with van der Waals surface area (Å²) in [5, 5.41) is 7.10. The molecule has 1 aliphatic carbocycles. The molecule has 76 valence electrons. The Morgan fingerprint density at radius 3 is 2.92 bits per heavy atom. The second kappa shape index (κ2) is 4.43. The fraction of sp³-hybridized carbons (Fsp3) is 1.00. The molecular weight excluding hydrogens is 160 g/mol. The fourth-order valence-electron chi connectivity index (χ4n) is 2.25. The molecule has 0 bridgehead atoms. The summed E-state index contributed by atoms with van der Waals surface area (Å²) in [7, 11) is 0. The van der Waals surface area contributed by atoms with E-state index in [1.165, 1.54) is 45.3 Å². The lowest BCUT2D eigenvalue weighted by molar-refractivity contribution is 0.351. The summed E-state index contributed by atoms with van der Waals surface area (Å²) < 4.78 is 0. The maximum Gasteiger partial charge on any atom is 0.00963 e. The van der Waals surface area contributed by atoms with Crippen LogP contribution < -0.4 is 10.6 Å². The second-order valence-electron chi connectivity index (χ2n) is 4.77. The molecule has 3 atom stereocenters. The molecule has 0 aromatic carbocycles. The Bertz CT molecular complexity index is 152. The van der Waals surface area contributed by atoms with E-state index in [0.29, 0.717) is 0 Å². The van der Waals surface area contributed by atoms with Gasteiger partial charge in [-0.25, -0.2) is 0 Å². The van der Waals surface area contributed by atoms with Crippen molar-refractivity contribution >= 4 is 0 Å². The molecule has 2 heteroatoms. The van der Waals surface area contributed by atoms with E-state index in [-0.39, 0.29) is 0 Å². The minimum atomic E-state index is 0.858. The molecule has 0 aromatic rings. The number of hydrogen-bond acceptors (Lipinski definition) is 2. The summed E-state index contributed by atoms with van der Waals surface area (Å²) in [4.78, 5) is 0. The molecule has 2 N–H and O–H groups in total. The van der Waals surface area contributed by atoms with Gasteiger partial charge >= 0.3 is 0 Å². The molecule has 0 aromatic heterocycles. The molecule has 1 saturated carbocycles. The predicted molar refractivity (Wildman–Crippen MR) is 55.8 cm³/mol. The number of hydrogen-bond donors (Lipinski definition) is 2. The molecule has 2 nitrogen and oxygen atoms in total. The SMILES string of the molecule is CC1CC1NCCC1CCCNC1. The van der Waals surface area contributed by atoms with E-state index in [1.54, 1.807) is 0 Å². The van der Waals surface area contributed by atoms with Crippen molar-refractivity contribution in [3.8, 4) is 0 Å². The quantitative estimate of drug-likeness (QED) is 0.686. The molecule has 1 heterocycles. The van der Waals surface area contributed by atoms with Crippen LogP contribution in [-0.4, -0.2) is 25.7 Å². The van der Waals surface area contributed by atoms with Crippen molar-refractivity contribution in [2.75, 3.05) is 19.6 Å². The van der Waals surface area contributed by atoms with E-state index in [9.17, 15) is 0 Å². The largest absolute Gasteiger partial charge is 0.316 e. The normalized spacial score (nSPS) is 39.0. The summed E-state index contributed by atoms with van der Waals surface area (Å²) in [5.41, 5.74) is 0. The van der Waals surface area contributed by atoms with Crippen LogP contribution in [0.25, 0.3) is 0 Å². The van der Waals surface area contributed by atoms with Crippen molar-refractivity contribution < 1.29 is 0 Å². The van der Waals surface area contributed by atoms with Gasteiger partial charge in [0.15, 0.2) is 0 Å². The van der Waals surface area contributed by atoms with Crippen molar-refractivity contribution in [2.24, 2.45) is 11.8 Å². The molecule has 1 aliphatic heterocycles. The summed E-state index contributed by atoms with van der Waals surface area (Å²) in [5.74, 6) is 1.89. The van der Waals surface area contributed by atoms with E-state index >= 15 is 0 Å². The third-order valence-electron chi connectivity index (χ3n) is 3.47. The third-order valence-corrected chi connectivity index (χ3v) is 3.47. The van der Waals surface area contributed by atoms with Gasteiger partial charge in [-0.1, -0.05) is 6.92 Å². The van der Waals surface area contributed by atoms with Crippen LogP contribution in [0.2, 0.25) is 0 Å². The van der Waals surface area contributed by atoms with Gasteiger partial charge in [0.1, 0.15) is 0 Å². The van der Waals surface area contributed by atoms with Gasteiger partial charge in [0.2, 0.25) is 0 Å². The Labute approximate surface area is 81.5 Å². The Hall–Kier alpha value is -0.0800. The second-order valence-corrected chi connectivity index (χ2v) is 4.77. The first-order chi connectivity index (χ1) is 6.36. The van der Waals surface area contributed by atoms with Crippen LogP contribution in [0, 0.1) is 11.8 Å². The van der Waals surface area contributed by atoms with Gasteiger partial charge in [-0.2, -0.15) is 0 Å². The highest BCUT2D eigenvalue weighted by molar-refractivity contribution is 4.89. The highest BCUT2D eigenvalue weighted by Crippen LogP contribution is 2.29. The van der Waals surface area contributed by atoms with Gasteiger partial charge in [0.05, 0.1) is 0 Å². The lowest BCUT2D eigenvalue weighted by Gasteiger charge is -2.22. The number of rotatable bonds is 4. The van der Waals surface area contributed by atoms with Gasteiger partial charge in [-0.05, 0) is 57.2 Å². The average molecular weight is 182 g/mol. The Morgan fingerprint density at radius 2 is 2.31 bits per heavy atom. The lowest BCUT2D eigenvalue weighted by atomic mass is 9.96. The lowest BCUT2D eigenvalue weighted by Crippen LogP contribution is -2.32. The first kappa shape index (κ1) is 9.47. The average Bonchev–Trinajstić information content (AvgIpc) is 2.84. The number of nitrogens with one attached hydrogen (secondary N) is 2. The minimum Gasteiger partial charge on any atom is -0.316 e. The van der Waals surface area contributed by atoms with Crippen molar-refractivity contribution in [1.29, 1.82) is 0 Å². The first-order valence-electron chi connectivity index (χ1n) is 5.80. The van der Waals surface area contributed by atoms with E-state index in [4.69, 9.17) is 0 Å². The van der Waals surface area contributed by atoms with Gasteiger partial charge in [0, 0.05) is 6.04 Å². The molecule has 2 aliphatic rings. The zero-order chi connectivity index (χ0) is 9.10. The van der Waals surface area contributed by atoms with Crippen LogP contribution in [0.4, 0.5) is 0 Å². The fourth-order valence-corrected chi connectivity index (χ4v) is 2.25. The molecule has 2 rings (SSSR count). The van der Waals surface area contributed by atoms with Crippen LogP contribution in [0.5, 0.6) is 0 Å². The Balaban J connectivity index is 1.51. The predicted octanol–water partition coefficient (Wildman–Crippen LogP) is 1.37. The van der Waals surface area contributed by atoms with Crippen molar-refractivity contribution in [3.05, 3.63) is 0 Å². The van der Waals surface area contributed by atoms with Gasteiger partial charge in [0.25, 0.3) is 0 Å². The molecule has 3 unspecified atom stereocenters. The third kappa shape index (κ3) is 2.96. The molecule has 2 fully saturated rings. The van der Waals surface area contributed by atoms with E-state index in [1.807, 2.05) is 0 Å². The summed E-state index contributed by atoms with van der Waals surface area (Å²) in [6.45, 7) is 6.06. The first-order valence-corrected chi connectivity index (χ1v) is 5.80. The maximum atomic E-state index is 3.63. The zero-order valence-electron chi connectivity index (χ0n) is 8.68. The summed E-state index contributed by atoms with van der Waals surface area (Å²) in [6.07, 6.45) is 5.60. The summed E-state index contributed by atoms with van der Waals surface area (Å²) in [6, 6.07) is 0.858. The van der Waals surface area contributed by atoms with Gasteiger partial charge < -0.3 is 10.6 Å². The van der Waals surface area contributed by atoms with Crippen LogP contribution in [0.1, 0.15) is 32.6 Å². The van der Waals surface area contributed by atoms with Crippen molar-refractivity contribution in [2.45, 2.75) is 38.6 Å². The molecule has 1 saturated heterocycles. The highest BCUT2D eigenvalue weighted by Gasteiger charge is 2.31. The van der Waals surface area contributed by atoms with Gasteiger partial charge in [-0.15, -0.1) is 0 Å². The molecule has 0 spiro atoms. The smallest absolute Gasteiger partial charge is 0.00963 e. The zero-order valence-corrected chi connectivity index (χ0v) is 8.68. The van der Waals surface area contributed by atoms with Crippen LogP contribution >= 0.6 is 0 Å². The Morgan fingerprint density at radius 1 is 1.46 bits per heavy atom. The molecule has 0 amide bonds. The van der Waals surface area contributed by atoms with Crippen molar-refractivity contribution in [1.82, 2.24) is 10.6 Å². The van der Waals surface area contributed by atoms with Crippen LogP contribution in [0.15, 0.2) is 0 Å². The standard InChI is InChI=1S/C11H22N2/c1-9-7-11(9)13-6-4-10-3-2-5-12-8-10/h9-13H,2-8H2,1H3. The van der Waals surface area contributed by atoms with Crippen LogP contribution in [-0.2, 0) is 0 Å². The van der Waals surface area contributed by atoms with E-state index in [2.05, 4.69) is 17.6 Å². The molecular formula is C11H22N2. The van der Waals surface area contributed by atoms with Crippen LogP contribution in [0.3, 0.4) is 0 Å². The molecule has 0 radical (unpaired) electrons. The van der Waals surface area contributed by atoms with Gasteiger partial charge in [-0.3, -0.25) is 0 Å². The topological polar surface area (TPSA) is 24.1 Å².